The highest BCUT2D eigenvalue weighted by Crippen LogP contribution is 2.11. The average molecular weight is 252 g/mol. The van der Waals surface area contributed by atoms with Gasteiger partial charge in [-0.05, 0) is 6.92 Å². The van der Waals surface area contributed by atoms with Crippen LogP contribution in [0.4, 0.5) is 5.13 Å². The second kappa shape index (κ2) is 4.50. The number of rotatable bonds is 3. The van der Waals surface area contributed by atoms with E-state index in [0.29, 0.717) is 6.54 Å². The summed E-state index contributed by atoms with van der Waals surface area (Å²) in [5, 5.41) is 14.7. The molecule has 0 fully saturated rings. The first-order chi connectivity index (χ1) is 8.06. The van der Waals surface area contributed by atoms with E-state index in [-0.39, 0.29) is 16.0 Å². The van der Waals surface area contributed by atoms with E-state index < -0.39 is 0 Å². The fourth-order valence-electron chi connectivity index (χ4n) is 1.40. The fourth-order valence-corrected chi connectivity index (χ4v) is 1.93. The summed E-state index contributed by atoms with van der Waals surface area (Å²) in [6.07, 6.45) is 1.87. The number of carbonyl (C=O) groups is 1. The summed E-state index contributed by atoms with van der Waals surface area (Å²) in [7, 11) is 1.84. The largest absolute Gasteiger partial charge is 0.374 e. The van der Waals surface area contributed by atoms with Gasteiger partial charge in [0.05, 0.1) is 5.69 Å². The zero-order chi connectivity index (χ0) is 12.4. The maximum Gasteiger partial charge on any atom is 0.282 e. The molecular formula is C9H12N6OS. The molecule has 1 amide bonds. The van der Waals surface area contributed by atoms with E-state index in [1.54, 1.807) is 4.68 Å². The molecule has 2 aromatic rings. The Morgan fingerprint density at radius 2 is 2.35 bits per heavy atom. The van der Waals surface area contributed by atoms with Crippen LogP contribution in [0.5, 0.6) is 0 Å². The lowest BCUT2D eigenvalue weighted by atomic mass is 10.2. The summed E-state index contributed by atoms with van der Waals surface area (Å²) in [5.74, 6) is -0.276. The Kier molecular flexibility index (Phi) is 3.05. The van der Waals surface area contributed by atoms with Gasteiger partial charge in [-0.3, -0.25) is 9.48 Å². The van der Waals surface area contributed by atoms with Crippen molar-refractivity contribution in [1.29, 1.82) is 0 Å². The Bertz CT molecular complexity index is 545. The first-order valence-corrected chi connectivity index (χ1v) is 5.74. The van der Waals surface area contributed by atoms with Crippen LogP contribution >= 0.6 is 11.3 Å². The molecular weight excluding hydrogens is 240 g/mol. The molecule has 8 heteroatoms. The van der Waals surface area contributed by atoms with E-state index in [1.807, 2.05) is 20.2 Å². The normalized spacial score (nSPS) is 10.5. The highest BCUT2D eigenvalue weighted by molar-refractivity contribution is 7.16. The van der Waals surface area contributed by atoms with Crippen molar-refractivity contribution in [3.63, 3.8) is 0 Å². The number of hydrogen-bond donors (Lipinski definition) is 2. The minimum absolute atomic E-state index is 0.268. The minimum Gasteiger partial charge on any atom is -0.374 e. The zero-order valence-electron chi connectivity index (χ0n) is 9.47. The molecule has 0 saturated carbocycles. The van der Waals surface area contributed by atoms with Gasteiger partial charge in [-0.15, -0.1) is 10.2 Å². The van der Waals surface area contributed by atoms with Crippen molar-refractivity contribution in [3.8, 4) is 0 Å². The van der Waals surface area contributed by atoms with Gasteiger partial charge >= 0.3 is 0 Å². The number of amides is 1. The van der Waals surface area contributed by atoms with E-state index in [9.17, 15) is 4.79 Å². The maximum absolute atomic E-state index is 11.7. The van der Waals surface area contributed by atoms with Gasteiger partial charge in [0, 0.05) is 25.4 Å². The van der Waals surface area contributed by atoms with Gasteiger partial charge in [0.15, 0.2) is 0 Å². The molecule has 0 radical (unpaired) electrons. The van der Waals surface area contributed by atoms with Crippen LogP contribution in [-0.2, 0) is 13.6 Å². The van der Waals surface area contributed by atoms with Crippen LogP contribution in [0.2, 0.25) is 0 Å². The fraction of sp³-hybridized carbons (Fsp3) is 0.333. The first-order valence-electron chi connectivity index (χ1n) is 4.92. The molecule has 0 spiro atoms. The van der Waals surface area contributed by atoms with Gasteiger partial charge < -0.3 is 11.1 Å². The van der Waals surface area contributed by atoms with Crippen LogP contribution in [-0.4, -0.2) is 25.9 Å². The predicted octanol–water partition coefficient (Wildman–Crippen LogP) is 0.0922. The number of aromatic nitrogens is 4. The number of carbonyl (C=O) groups excluding carboxylic acids is 1. The van der Waals surface area contributed by atoms with Crippen LogP contribution in [0.15, 0.2) is 6.20 Å². The lowest BCUT2D eigenvalue weighted by Crippen LogP contribution is -2.22. The van der Waals surface area contributed by atoms with Crippen LogP contribution in [0.25, 0.3) is 0 Å². The second-order valence-electron chi connectivity index (χ2n) is 3.54. The number of nitrogens with zero attached hydrogens (tertiary/aromatic N) is 4. The molecule has 3 N–H and O–H groups in total. The lowest BCUT2D eigenvalue weighted by Gasteiger charge is -2.00. The number of anilines is 1. The average Bonchev–Trinajstić information content (AvgIpc) is 2.82. The molecule has 90 valence electrons. The van der Waals surface area contributed by atoms with Gasteiger partial charge in [-0.2, -0.15) is 5.10 Å². The summed E-state index contributed by atoms with van der Waals surface area (Å²) in [4.78, 5) is 11.7. The number of hydrogen-bond acceptors (Lipinski definition) is 6. The summed E-state index contributed by atoms with van der Waals surface area (Å²) >= 11 is 1.06. The predicted molar refractivity (Wildman–Crippen MR) is 63.4 cm³/mol. The summed E-state index contributed by atoms with van der Waals surface area (Å²) in [6, 6.07) is 0. The Morgan fingerprint density at radius 3 is 2.88 bits per heavy atom. The Balaban J connectivity index is 1.99. The molecule has 0 aliphatic rings. The number of aryl methyl sites for hydroxylation is 2. The molecule has 2 heterocycles. The standard InChI is InChI=1S/C9H12N6OS/c1-5-6(4-15(2)14-5)3-11-7(16)8-12-13-9(10)17-8/h4H,3H2,1-2H3,(H2,10,13)(H,11,16). The van der Waals surface area contributed by atoms with Gasteiger partial charge in [0.2, 0.25) is 10.1 Å². The third-order valence-electron chi connectivity index (χ3n) is 2.19. The third-order valence-corrected chi connectivity index (χ3v) is 2.94. The molecule has 7 nitrogen and oxygen atoms in total. The van der Waals surface area contributed by atoms with Crippen molar-refractivity contribution in [1.82, 2.24) is 25.3 Å². The van der Waals surface area contributed by atoms with E-state index in [2.05, 4.69) is 20.6 Å². The van der Waals surface area contributed by atoms with Crippen LogP contribution in [0, 0.1) is 6.92 Å². The van der Waals surface area contributed by atoms with Crippen molar-refractivity contribution in [2.75, 3.05) is 5.73 Å². The van der Waals surface area contributed by atoms with Crippen molar-refractivity contribution in [2.45, 2.75) is 13.5 Å². The Morgan fingerprint density at radius 1 is 1.59 bits per heavy atom. The third kappa shape index (κ3) is 2.59. The lowest BCUT2D eigenvalue weighted by molar-refractivity contribution is 0.0950. The number of nitrogen functional groups attached to an aromatic ring is 1. The highest BCUT2D eigenvalue weighted by atomic mass is 32.1. The monoisotopic (exact) mass is 252 g/mol. The molecule has 0 aliphatic carbocycles. The molecule has 0 atom stereocenters. The first kappa shape index (κ1) is 11.5. The highest BCUT2D eigenvalue weighted by Gasteiger charge is 2.12. The van der Waals surface area contributed by atoms with E-state index in [1.165, 1.54) is 0 Å². The second-order valence-corrected chi connectivity index (χ2v) is 4.55. The topological polar surface area (TPSA) is 98.7 Å². The van der Waals surface area contributed by atoms with Crippen molar-refractivity contribution in [2.24, 2.45) is 7.05 Å². The minimum atomic E-state index is -0.276. The van der Waals surface area contributed by atoms with Crippen LogP contribution in [0.1, 0.15) is 21.1 Å². The Labute approximate surface area is 102 Å². The quantitative estimate of drug-likeness (QED) is 0.806. The molecule has 0 aliphatic heterocycles. The Hall–Kier alpha value is -1.96. The van der Waals surface area contributed by atoms with E-state index in [0.717, 1.165) is 22.6 Å². The van der Waals surface area contributed by atoms with Gasteiger partial charge in [-0.1, -0.05) is 11.3 Å². The van der Waals surface area contributed by atoms with Gasteiger partial charge in [-0.25, -0.2) is 0 Å². The van der Waals surface area contributed by atoms with E-state index in [4.69, 9.17) is 5.73 Å². The molecule has 2 aromatic heterocycles. The summed E-state index contributed by atoms with van der Waals surface area (Å²) in [5.41, 5.74) is 7.27. The van der Waals surface area contributed by atoms with Crippen molar-refractivity contribution >= 4 is 22.4 Å². The SMILES string of the molecule is Cc1nn(C)cc1CNC(=O)c1nnc(N)s1. The zero-order valence-corrected chi connectivity index (χ0v) is 10.3. The molecule has 17 heavy (non-hydrogen) atoms. The van der Waals surface area contributed by atoms with Gasteiger partial charge in [0.1, 0.15) is 0 Å². The summed E-state index contributed by atoms with van der Waals surface area (Å²) < 4.78 is 1.71. The van der Waals surface area contributed by atoms with Crippen LogP contribution < -0.4 is 11.1 Å². The smallest absolute Gasteiger partial charge is 0.282 e. The molecule has 0 bridgehead atoms. The van der Waals surface area contributed by atoms with Crippen LogP contribution in [0.3, 0.4) is 0 Å². The van der Waals surface area contributed by atoms with Gasteiger partial charge in [0.25, 0.3) is 5.91 Å². The van der Waals surface area contributed by atoms with E-state index >= 15 is 0 Å². The number of nitrogens with one attached hydrogen (secondary N) is 1. The number of nitrogens with two attached hydrogens (primary N) is 1. The van der Waals surface area contributed by atoms with Crippen molar-refractivity contribution < 1.29 is 4.79 Å². The molecule has 2 rings (SSSR count). The molecule has 0 aromatic carbocycles. The maximum atomic E-state index is 11.7. The van der Waals surface area contributed by atoms with Crippen molar-refractivity contribution in [3.05, 3.63) is 22.5 Å². The molecule has 0 unspecified atom stereocenters. The summed E-state index contributed by atoms with van der Waals surface area (Å²) in [6.45, 7) is 2.31. The molecule has 0 saturated heterocycles.